The minimum atomic E-state index is -0.338. The van der Waals surface area contributed by atoms with Gasteiger partial charge in [0.2, 0.25) is 0 Å². The second-order valence-electron chi connectivity index (χ2n) is 3.18. The van der Waals surface area contributed by atoms with Gasteiger partial charge in [0.05, 0.1) is 21.3 Å². The van der Waals surface area contributed by atoms with Crippen LogP contribution >= 0.6 is 23.2 Å². The van der Waals surface area contributed by atoms with Crippen LogP contribution in [0.5, 0.6) is 0 Å². The Morgan fingerprint density at radius 3 is 2.59 bits per heavy atom. The number of anilines is 1. The number of benzene rings is 1. The molecule has 0 radical (unpaired) electrons. The van der Waals surface area contributed by atoms with Gasteiger partial charge in [0.15, 0.2) is 0 Å². The van der Waals surface area contributed by atoms with E-state index >= 15 is 0 Å². The summed E-state index contributed by atoms with van der Waals surface area (Å²) in [6.45, 7) is 0. The van der Waals surface area contributed by atoms with Crippen LogP contribution in [-0.4, -0.2) is 15.9 Å². The van der Waals surface area contributed by atoms with Crippen LogP contribution in [0.3, 0.4) is 0 Å². The van der Waals surface area contributed by atoms with Gasteiger partial charge in [0.1, 0.15) is 6.33 Å². The van der Waals surface area contributed by atoms with Gasteiger partial charge in [0, 0.05) is 12.4 Å². The SMILES string of the molecule is O=C(Nc1cccc(Cl)c1Cl)c1cncnc1. The summed E-state index contributed by atoms with van der Waals surface area (Å²) in [6.07, 6.45) is 4.19. The normalized spacial score (nSPS) is 10.0. The summed E-state index contributed by atoms with van der Waals surface area (Å²) in [6, 6.07) is 5.01. The van der Waals surface area contributed by atoms with E-state index in [1.807, 2.05) is 0 Å². The van der Waals surface area contributed by atoms with Crippen molar-refractivity contribution in [1.29, 1.82) is 0 Å². The van der Waals surface area contributed by atoms with Crippen molar-refractivity contribution in [3.05, 3.63) is 52.5 Å². The molecule has 0 bridgehead atoms. The zero-order chi connectivity index (χ0) is 12.3. The number of nitrogens with one attached hydrogen (secondary N) is 1. The van der Waals surface area contributed by atoms with E-state index in [0.717, 1.165) is 0 Å². The van der Waals surface area contributed by atoms with Crippen LogP contribution in [0.1, 0.15) is 10.4 Å². The van der Waals surface area contributed by atoms with E-state index in [4.69, 9.17) is 23.2 Å². The monoisotopic (exact) mass is 267 g/mol. The minimum absolute atomic E-state index is 0.305. The summed E-state index contributed by atoms with van der Waals surface area (Å²) in [5, 5.41) is 3.32. The van der Waals surface area contributed by atoms with Crippen molar-refractivity contribution in [3.8, 4) is 0 Å². The Kier molecular flexibility index (Phi) is 3.56. The van der Waals surface area contributed by atoms with Crippen LogP contribution < -0.4 is 5.32 Å². The molecule has 0 aliphatic heterocycles. The van der Waals surface area contributed by atoms with Crippen molar-refractivity contribution in [2.75, 3.05) is 5.32 Å². The Hall–Kier alpha value is -1.65. The highest BCUT2D eigenvalue weighted by molar-refractivity contribution is 6.44. The van der Waals surface area contributed by atoms with Gasteiger partial charge in [-0.15, -0.1) is 0 Å². The van der Waals surface area contributed by atoms with E-state index in [1.54, 1.807) is 18.2 Å². The predicted octanol–water partition coefficient (Wildman–Crippen LogP) is 3.04. The maximum Gasteiger partial charge on any atom is 0.258 e. The lowest BCUT2D eigenvalue weighted by atomic mass is 10.3. The van der Waals surface area contributed by atoms with Crippen molar-refractivity contribution in [3.63, 3.8) is 0 Å². The number of hydrogen-bond donors (Lipinski definition) is 1. The highest BCUT2D eigenvalue weighted by Crippen LogP contribution is 2.29. The molecule has 0 saturated heterocycles. The fourth-order valence-corrected chi connectivity index (χ4v) is 1.56. The van der Waals surface area contributed by atoms with Gasteiger partial charge in [-0.2, -0.15) is 0 Å². The number of amides is 1. The number of hydrogen-bond acceptors (Lipinski definition) is 3. The molecule has 0 spiro atoms. The molecule has 1 aromatic heterocycles. The molecule has 6 heteroatoms. The largest absolute Gasteiger partial charge is 0.320 e. The van der Waals surface area contributed by atoms with Gasteiger partial charge < -0.3 is 5.32 Å². The number of carbonyl (C=O) groups excluding carboxylic acids is 1. The van der Waals surface area contributed by atoms with Crippen molar-refractivity contribution in [2.45, 2.75) is 0 Å². The molecule has 0 aliphatic carbocycles. The first-order valence-corrected chi connectivity index (χ1v) is 5.44. The zero-order valence-electron chi connectivity index (χ0n) is 8.52. The molecule has 0 atom stereocenters. The van der Waals surface area contributed by atoms with Gasteiger partial charge in [-0.05, 0) is 12.1 Å². The smallest absolute Gasteiger partial charge is 0.258 e. The molecule has 0 aliphatic rings. The molecule has 0 unspecified atom stereocenters. The van der Waals surface area contributed by atoms with E-state index < -0.39 is 0 Å². The third kappa shape index (κ3) is 2.72. The molecule has 2 rings (SSSR count). The molecule has 0 saturated carbocycles. The van der Waals surface area contributed by atoms with E-state index in [2.05, 4.69) is 15.3 Å². The molecule has 1 N–H and O–H groups in total. The lowest BCUT2D eigenvalue weighted by Crippen LogP contribution is -2.12. The van der Waals surface area contributed by atoms with Gasteiger partial charge in [-0.3, -0.25) is 4.79 Å². The van der Waals surface area contributed by atoms with Gasteiger partial charge >= 0.3 is 0 Å². The van der Waals surface area contributed by atoms with Crippen LogP contribution in [0.4, 0.5) is 5.69 Å². The van der Waals surface area contributed by atoms with E-state index in [9.17, 15) is 4.79 Å². The van der Waals surface area contributed by atoms with E-state index in [1.165, 1.54) is 18.7 Å². The molecule has 1 amide bonds. The van der Waals surface area contributed by atoms with Crippen LogP contribution in [-0.2, 0) is 0 Å². The van der Waals surface area contributed by atoms with Gasteiger partial charge in [-0.1, -0.05) is 29.3 Å². The first kappa shape index (κ1) is 11.8. The number of halogens is 2. The summed E-state index contributed by atoms with van der Waals surface area (Å²) >= 11 is 11.8. The second-order valence-corrected chi connectivity index (χ2v) is 3.97. The molecule has 1 heterocycles. The summed E-state index contributed by atoms with van der Waals surface area (Å²) in [5.41, 5.74) is 0.802. The maximum atomic E-state index is 11.8. The Morgan fingerprint density at radius 2 is 1.88 bits per heavy atom. The molecule has 0 fully saturated rings. The van der Waals surface area contributed by atoms with Crippen LogP contribution in [0.15, 0.2) is 36.9 Å². The first-order valence-electron chi connectivity index (χ1n) is 4.69. The summed E-state index contributed by atoms with van der Waals surface area (Å²) in [5.74, 6) is -0.338. The quantitative estimate of drug-likeness (QED) is 0.910. The number of carbonyl (C=O) groups is 1. The summed E-state index contributed by atoms with van der Waals surface area (Å²) in [4.78, 5) is 19.3. The Bertz CT molecular complexity index is 546. The Labute approximate surface area is 108 Å². The molecule has 86 valence electrons. The van der Waals surface area contributed by atoms with Crippen molar-refractivity contribution >= 4 is 34.8 Å². The molecular formula is C11H7Cl2N3O. The summed E-state index contributed by atoms with van der Waals surface area (Å²) in [7, 11) is 0. The minimum Gasteiger partial charge on any atom is -0.320 e. The average molecular weight is 268 g/mol. The van der Waals surface area contributed by atoms with Crippen LogP contribution in [0, 0.1) is 0 Å². The lowest BCUT2D eigenvalue weighted by Gasteiger charge is -2.07. The van der Waals surface area contributed by atoms with Crippen molar-refractivity contribution in [2.24, 2.45) is 0 Å². The van der Waals surface area contributed by atoms with Gasteiger partial charge in [-0.25, -0.2) is 9.97 Å². The number of aromatic nitrogens is 2. The maximum absolute atomic E-state index is 11.8. The van der Waals surface area contributed by atoms with E-state index in [0.29, 0.717) is 21.3 Å². The van der Waals surface area contributed by atoms with Gasteiger partial charge in [0.25, 0.3) is 5.91 Å². The number of nitrogens with zero attached hydrogens (tertiary/aromatic N) is 2. The van der Waals surface area contributed by atoms with Crippen LogP contribution in [0.25, 0.3) is 0 Å². The summed E-state index contributed by atoms with van der Waals surface area (Å²) < 4.78 is 0. The third-order valence-corrected chi connectivity index (χ3v) is 2.84. The van der Waals surface area contributed by atoms with Crippen molar-refractivity contribution < 1.29 is 4.79 Å². The highest BCUT2D eigenvalue weighted by atomic mass is 35.5. The predicted molar refractivity (Wildman–Crippen MR) is 66.4 cm³/mol. The average Bonchev–Trinajstić information content (AvgIpc) is 2.36. The topological polar surface area (TPSA) is 54.9 Å². The second kappa shape index (κ2) is 5.12. The Morgan fingerprint density at radius 1 is 1.18 bits per heavy atom. The highest BCUT2D eigenvalue weighted by Gasteiger charge is 2.10. The zero-order valence-corrected chi connectivity index (χ0v) is 10.0. The fourth-order valence-electron chi connectivity index (χ4n) is 1.21. The standard InChI is InChI=1S/C11H7Cl2N3O/c12-8-2-1-3-9(10(8)13)16-11(17)7-4-14-6-15-5-7/h1-6H,(H,16,17). The molecule has 4 nitrogen and oxygen atoms in total. The first-order chi connectivity index (χ1) is 8.18. The van der Waals surface area contributed by atoms with Crippen molar-refractivity contribution in [1.82, 2.24) is 9.97 Å². The fraction of sp³-hybridized carbons (Fsp3) is 0. The molecule has 2 aromatic rings. The third-order valence-electron chi connectivity index (χ3n) is 2.02. The van der Waals surface area contributed by atoms with Crippen LogP contribution in [0.2, 0.25) is 10.0 Å². The van der Waals surface area contributed by atoms with E-state index in [-0.39, 0.29) is 5.91 Å². The molecule has 17 heavy (non-hydrogen) atoms. The lowest BCUT2D eigenvalue weighted by molar-refractivity contribution is 0.102. The number of rotatable bonds is 2. The molecule has 1 aromatic carbocycles. The Balaban J connectivity index is 2.22. The molecular weight excluding hydrogens is 261 g/mol.